The van der Waals surface area contributed by atoms with Gasteiger partial charge in [0, 0.05) is 17.1 Å². The van der Waals surface area contributed by atoms with Crippen molar-refractivity contribution in [1.82, 2.24) is 4.98 Å². The van der Waals surface area contributed by atoms with Gasteiger partial charge in [-0.25, -0.2) is 0 Å². The van der Waals surface area contributed by atoms with Gasteiger partial charge in [-0.15, -0.1) is 0 Å². The molecular formula is C19H15BrClNO3. The number of hydrogen-bond donors (Lipinski definition) is 2. The Morgan fingerprint density at radius 3 is 2.80 bits per heavy atom. The monoisotopic (exact) mass is 419 g/mol. The number of carbonyl (C=O) groups is 1. The summed E-state index contributed by atoms with van der Waals surface area (Å²) < 4.78 is 6.62. The quantitative estimate of drug-likeness (QED) is 0.542. The Balaban J connectivity index is 1.66. The number of hydrogen-bond acceptors (Lipinski definition) is 2. The topological polar surface area (TPSA) is 62.3 Å². The van der Waals surface area contributed by atoms with Crippen LogP contribution in [0.25, 0.3) is 10.9 Å². The Hall–Kier alpha value is -1.98. The van der Waals surface area contributed by atoms with E-state index in [4.69, 9.17) is 21.4 Å². The number of rotatable bonds is 5. The number of halogens is 2. The third kappa shape index (κ3) is 3.39. The van der Waals surface area contributed by atoms with Gasteiger partial charge in [-0.05, 0) is 76.1 Å². The molecule has 2 aromatic carbocycles. The van der Waals surface area contributed by atoms with Crippen LogP contribution >= 0.6 is 27.5 Å². The third-order valence-corrected chi connectivity index (χ3v) is 5.21. The molecule has 3 aromatic rings. The van der Waals surface area contributed by atoms with E-state index < -0.39 is 5.97 Å². The van der Waals surface area contributed by atoms with Crippen LogP contribution in [0, 0.1) is 0 Å². The summed E-state index contributed by atoms with van der Waals surface area (Å²) >= 11 is 9.73. The fraction of sp³-hybridized carbons (Fsp3) is 0.211. The van der Waals surface area contributed by atoms with Gasteiger partial charge >= 0.3 is 5.97 Å². The molecule has 1 saturated carbocycles. The Kier molecular flexibility index (Phi) is 4.21. The molecule has 0 radical (unpaired) electrons. The van der Waals surface area contributed by atoms with Crippen LogP contribution in [0.3, 0.4) is 0 Å². The Morgan fingerprint density at radius 2 is 2.12 bits per heavy atom. The lowest BCUT2D eigenvalue weighted by atomic mass is 10.1. The number of fused-ring (bicyclic) bond motifs is 1. The highest BCUT2D eigenvalue weighted by Crippen LogP contribution is 2.44. The van der Waals surface area contributed by atoms with Crippen LogP contribution in [0.4, 0.5) is 0 Å². The van der Waals surface area contributed by atoms with Crippen LogP contribution in [0.15, 0.2) is 41.0 Å². The van der Waals surface area contributed by atoms with Crippen LogP contribution in [0.2, 0.25) is 5.02 Å². The summed E-state index contributed by atoms with van der Waals surface area (Å²) in [6.07, 6.45) is 4.47. The van der Waals surface area contributed by atoms with Crippen molar-refractivity contribution in [2.24, 2.45) is 0 Å². The normalized spacial score (nSPS) is 14.0. The van der Waals surface area contributed by atoms with Crippen LogP contribution in [-0.2, 0) is 11.2 Å². The van der Waals surface area contributed by atoms with Crippen molar-refractivity contribution in [3.63, 3.8) is 0 Å². The zero-order chi connectivity index (χ0) is 17.6. The molecule has 0 bridgehead atoms. The number of carboxylic acid groups (broad SMARTS) is 1. The number of benzene rings is 2. The van der Waals surface area contributed by atoms with E-state index in [2.05, 4.69) is 27.1 Å². The summed E-state index contributed by atoms with van der Waals surface area (Å²) in [5.41, 5.74) is 3.05. The minimum absolute atomic E-state index is 0.0847. The van der Waals surface area contributed by atoms with E-state index in [-0.39, 0.29) is 6.42 Å². The molecule has 0 saturated heterocycles. The molecule has 6 heteroatoms. The first-order chi connectivity index (χ1) is 12.0. The van der Waals surface area contributed by atoms with Crippen LogP contribution in [0.1, 0.15) is 29.9 Å². The molecule has 128 valence electrons. The van der Waals surface area contributed by atoms with Crippen molar-refractivity contribution in [3.05, 3.63) is 57.2 Å². The van der Waals surface area contributed by atoms with E-state index in [0.717, 1.165) is 5.52 Å². The maximum absolute atomic E-state index is 10.9. The van der Waals surface area contributed by atoms with Crippen molar-refractivity contribution >= 4 is 44.4 Å². The largest absolute Gasteiger partial charge is 0.481 e. The number of carboxylic acids is 1. The fourth-order valence-electron chi connectivity index (χ4n) is 3.02. The molecule has 0 spiro atoms. The maximum atomic E-state index is 10.9. The lowest BCUT2D eigenvalue weighted by Crippen LogP contribution is -2.00. The SMILES string of the molecule is O=C(O)Cc1cc(Cl)c(Oc2ccc3[nH]cc(C4CC4)c3c2)c(Br)c1. The standard InChI is InChI=1S/C19H15BrClNO3/c20-15-5-10(7-18(23)24)6-16(21)19(15)25-12-3-4-17-13(8-12)14(9-22-17)11-1-2-11/h3-6,8-9,11,22H,1-2,7H2,(H,23,24). The van der Waals surface area contributed by atoms with E-state index in [9.17, 15) is 4.79 Å². The van der Waals surface area contributed by atoms with Gasteiger partial charge in [0.2, 0.25) is 0 Å². The summed E-state index contributed by atoms with van der Waals surface area (Å²) in [5, 5.41) is 10.5. The predicted octanol–water partition coefficient (Wildman–Crippen LogP) is 5.88. The van der Waals surface area contributed by atoms with Gasteiger partial charge in [0.05, 0.1) is 15.9 Å². The second-order valence-electron chi connectivity index (χ2n) is 6.29. The van der Waals surface area contributed by atoms with Gasteiger partial charge in [0.25, 0.3) is 0 Å². The molecule has 0 amide bonds. The van der Waals surface area contributed by atoms with Crippen molar-refractivity contribution < 1.29 is 14.6 Å². The molecule has 1 aromatic heterocycles. The Morgan fingerprint density at radius 1 is 1.32 bits per heavy atom. The minimum atomic E-state index is -0.901. The molecular weight excluding hydrogens is 406 g/mol. The number of H-pyrrole nitrogens is 1. The average Bonchev–Trinajstić information content (AvgIpc) is 3.30. The number of ether oxygens (including phenoxy) is 1. The average molecular weight is 421 g/mol. The second-order valence-corrected chi connectivity index (χ2v) is 7.55. The van der Waals surface area contributed by atoms with Gasteiger partial charge in [0.1, 0.15) is 5.75 Å². The molecule has 0 aliphatic heterocycles. The predicted molar refractivity (Wildman–Crippen MR) is 101 cm³/mol. The minimum Gasteiger partial charge on any atom is -0.481 e. The second kappa shape index (κ2) is 6.39. The Bertz CT molecular complexity index is 955. The number of aromatic amines is 1. The zero-order valence-electron chi connectivity index (χ0n) is 13.2. The van der Waals surface area contributed by atoms with Gasteiger partial charge in [-0.2, -0.15) is 0 Å². The molecule has 1 aliphatic rings. The fourth-order valence-corrected chi connectivity index (χ4v) is 4.00. The van der Waals surface area contributed by atoms with Gasteiger partial charge in [-0.1, -0.05) is 11.6 Å². The summed E-state index contributed by atoms with van der Waals surface area (Å²) in [4.78, 5) is 14.2. The molecule has 1 heterocycles. The summed E-state index contributed by atoms with van der Waals surface area (Å²) in [6.45, 7) is 0. The number of aromatic nitrogens is 1. The lowest BCUT2D eigenvalue weighted by molar-refractivity contribution is -0.136. The summed E-state index contributed by atoms with van der Waals surface area (Å²) in [7, 11) is 0. The Labute approximate surface area is 157 Å². The van der Waals surface area contributed by atoms with E-state index in [1.165, 1.54) is 23.8 Å². The molecule has 1 fully saturated rings. The van der Waals surface area contributed by atoms with Gasteiger partial charge in [-0.3, -0.25) is 4.79 Å². The number of aliphatic carboxylic acids is 1. The zero-order valence-corrected chi connectivity index (χ0v) is 15.5. The summed E-state index contributed by atoms with van der Waals surface area (Å²) in [5.74, 6) is 0.929. The van der Waals surface area contributed by atoms with Gasteiger partial charge < -0.3 is 14.8 Å². The van der Waals surface area contributed by atoms with Crippen molar-refractivity contribution in [1.29, 1.82) is 0 Å². The summed E-state index contributed by atoms with van der Waals surface area (Å²) in [6, 6.07) is 9.26. The van der Waals surface area contributed by atoms with Crippen LogP contribution < -0.4 is 4.74 Å². The van der Waals surface area contributed by atoms with E-state index in [1.807, 2.05) is 18.2 Å². The highest BCUT2D eigenvalue weighted by atomic mass is 79.9. The highest BCUT2D eigenvalue weighted by Gasteiger charge is 2.26. The van der Waals surface area contributed by atoms with E-state index in [1.54, 1.807) is 12.1 Å². The third-order valence-electron chi connectivity index (χ3n) is 4.34. The first-order valence-corrected chi connectivity index (χ1v) is 9.17. The van der Waals surface area contributed by atoms with Gasteiger partial charge in [0.15, 0.2) is 5.75 Å². The van der Waals surface area contributed by atoms with Crippen molar-refractivity contribution in [3.8, 4) is 11.5 Å². The molecule has 0 atom stereocenters. The number of nitrogens with one attached hydrogen (secondary N) is 1. The molecule has 1 aliphatic carbocycles. The molecule has 2 N–H and O–H groups in total. The van der Waals surface area contributed by atoms with Crippen LogP contribution in [0.5, 0.6) is 11.5 Å². The first kappa shape index (κ1) is 16.5. The first-order valence-electron chi connectivity index (χ1n) is 8.00. The van der Waals surface area contributed by atoms with Crippen molar-refractivity contribution in [2.45, 2.75) is 25.2 Å². The molecule has 4 nitrogen and oxygen atoms in total. The van der Waals surface area contributed by atoms with Crippen LogP contribution in [-0.4, -0.2) is 16.1 Å². The lowest BCUT2D eigenvalue weighted by Gasteiger charge is -2.12. The van der Waals surface area contributed by atoms with E-state index in [0.29, 0.717) is 32.5 Å². The smallest absolute Gasteiger partial charge is 0.307 e. The molecule has 25 heavy (non-hydrogen) atoms. The van der Waals surface area contributed by atoms with E-state index >= 15 is 0 Å². The molecule has 4 rings (SSSR count). The maximum Gasteiger partial charge on any atom is 0.307 e. The molecule has 0 unspecified atom stereocenters. The highest BCUT2D eigenvalue weighted by molar-refractivity contribution is 9.10. The van der Waals surface area contributed by atoms with Crippen molar-refractivity contribution in [2.75, 3.05) is 0 Å².